The fourth-order valence-corrected chi connectivity index (χ4v) is 2.98. The molecular formula is C19H29NO3. The molecule has 1 heterocycles. The van der Waals surface area contributed by atoms with Crippen LogP contribution in [-0.4, -0.2) is 34.8 Å². The summed E-state index contributed by atoms with van der Waals surface area (Å²) in [6.07, 6.45) is 2.17. The van der Waals surface area contributed by atoms with Gasteiger partial charge in [-0.3, -0.25) is 0 Å². The molecule has 0 spiro atoms. The van der Waals surface area contributed by atoms with E-state index in [2.05, 4.69) is 19.1 Å². The lowest BCUT2D eigenvalue weighted by atomic mass is 9.94. The van der Waals surface area contributed by atoms with E-state index in [1.54, 1.807) is 4.90 Å². The maximum Gasteiger partial charge on any atom is 0.410 e. The Morgan fingerprint density at radius 2 is 2.00 bits per heavy atom. The van der Waals surface area contributed by atoms with Gasteiger partial charge in [0.25, 0.3) is 0 Å². The second kappa shape index (κ2) is 7.35. The Morgan fingerprint density at radius 3 is 2.57 bits per heavy atom. The third-order valence-corrected chi connectivity index (χ3v) is 4.18. The highest BCUT2D eigenvalue weighted by Crippen LogP contribution is 2.31. The first-order valence-electron chi connectivity index (χ1n) is 8.55. The molecule has 2 rings (SSSR count). The Hall–Kier alpha value is -1.55. The SMILES string of the molecule is CCCc1ccc(C(O)C2CCN(C(=O)OC(C)(C)C)C2)cc1. The molecule has 2 atom stereocenters. The molecule has 0 aliphatic carbocycles. The van der Waals surface area contributed by atoms with Crippen LogP contribution in [0.1, 0.15) is 57.8 Å². The van der Waals surface area contributed by atoms with Gasteiger partial charge in [0, 0.05) is 19.0 Å². The van der Waals surface area contributed by atoms with Crippen LogP contribution in [0.3, 0.4) is 0 Å². The summed E-state index contributed by atoms with van der Waals surface area (Å²) < 4.78 is 5.40. The Bertz CT molecular complexity index is 518. The predicted octanol–water partition coefficient (Wildman–Crippen LogP) is 3.93. The Morgan fingerprint density at radius 1 is 1.35 bits per heavy atom. The van der Waals surface area contributed by atoms with Crippen LogP contribution in [0.15, 0.2) is 24.3 Å². The minimum atomic E-state index is -0.530. The molecule has 0 saturated carbocycles. The molecule has 0 aromatic heterocycles. The lowest BCUT2D eigenvalue weighted by Gasteiger charge is -2.25. The van der Waals surface area contributed by atoms with Crippen LogP contribution in [-0.2, 0) is 11.2 Å². The highest BCUT2D eigenvalue weighted by molar-refractivity contribution is 5.68. The van der Waals surface area contributed by atoms with Crippen molar-refractivity contribution < 1.29 is 14.6 Å². The van der Waals surface area contributed by atoms with Crippen LogP contribution in [0.5, 0.6) is 0 Å². The normalized spacial score (nSPS) is 19.7. The predicted molar refractivity (Wildman–Crippen MR) is 91.3 cm³/mol. The van der Waals surface area contributed by atoms with Crippen LogP contribution >= 0.6 is 0 Å². The quantitative estimate of drug-likeness (QED) is 0.915. The molecule has 2 unspecified atom stereocenters. The summed E-state index contributed by atoms with van der Waals surface area (Å²) in [4.78, 5) is 13.8. The molecule has 4 heteroatoms. The van der Waals surface area contributed by atoms with Gasteiger partial charge >= 0.3 is 6.09 Å². The first-order valence-corrected chi connectivity index (χ1v) is 8.55. The van der Waals surface area contributed by atoms with Gasteiger partial charge in [-0.05, 0) is 44.7 Å². The first kappa shape index (κ1) is 17.8. The van der Waals surface area contributed by atoms with Gasteiger partial charge in [-0.2, -0.15) is 0 Å². The molecule has 1 aromatic carbocycles. The molecule has 23 heavy (non-hydrogen) atoms. The van der Waals surface area contributed by atoms with Gasteiger partial charge < -0.3 is 14.7 Å². The molecule has 1 aliphatic rings. The second-order valence-corrected chi connectivity index (χ2v) is 7.41. The standard InChI is InChI=1S/C19H29NO3/c1-5-6-14-7-9-15(10-8-14)17(21)16-11-12-20(13-16)18(22)23-19(2,3)4/h7-10,16-17,21H,5-6,11-13H2,1-4H3. The summed E-state index contributed by atoms with van der Waals surface area (Å²) in [5, 5.41) is 10.6. The van der Waals surface area contributed by atoms with Crippen molar-refractivity contribution in [2.45, 2.75) is 58.7 Å². The van der Waals surface area contributed by atoms with Crippen molar-refractivity contribution in [1.29, 1.82) is 0 Å². The maximum absolute atomic E-state index is 12.1. The number of aliphatic hydroxyl groups is 1. The van der Waals surface area contributed by atoms with Crippen LogP contribution in [0.4, 0.5) is 4.79 Å². The van der Waals surface area contributed by atoms with Crippen molar-refractivity contribution in [3.63, 3.8) is 0 Å². The number of amides is 1. The lowest BCUT2D eigenvalue weighted by Crippen LogP contribution is -2.35. The van der Waals surface area contributed by atoms with Crippen molar-refractivity contribution in [2.75, 3.05) is 13.1 Å². The fraction of sp³-hybridized carbons (Fsp3) is 0.632. The topological polar surface area (TPSA) is 49.8 Å². The number of carbonyl (C=O) groups excluding carboxylic acids is 1. The van der Waals surface area contributed by atoms with Gasteiger partial charge in [0.2, 0.25) is 0 Å². The van der Waals surface area contributed by atoms with Gasteiger partial charge in [0.15, 0.2) is 0 Å². The largest absolute Gasteiger partial charge is 0.444 e. The highest BCUT2D eigenvalue weighted by atomic mass is 16.6. The number of nitrogens with zero attached hydrogens (tertiary/aromatic N) is 1. The van der Waals surface area contributed by atoms with Crippen molar-refractivity contribution in [2.24, 2.45) is 5.92 Å². The Kier molecular flexibility index (Phi) is 5.69. The first-order chi connectivity index (χ1) is 10.8. The number of ether oxygens (including phenoxy) is 1. The maximum atomic E-state index is 12.1. The molecule has 4 nitrogen and oxygen atoms in total. The molecule has 1 fully saturated rings. The molecule has 0 radical (unpaired) electrons. The molecule has 1 aliphatic heterocycles. The number of hydrogen-bond donors (Lipinski definition) is 1. The second-order valence-electron chi connectivity index (χ2n) is 7.41. The summed E-state index contributed by atoms with van der Waals surface area (Å²) in [7, 11) is 0. The molecular weight excluding hydrogens is 290 g/mol. The van der Waals surface area contributed by atoms with E-state index in [9.17, 15) is 9.90 Å². The molecule has 128 valence electrons. The Labute approximate surface area is 139 Å². The van der Waals surface area contributed by atoms with Crippen LogP contribution in [0.25, 0.3) is 0 Å². The summed E-state index contributed by atoms with van der Waals surface area (Å²) in [6.45, 7) is 8.95. The minimum Gasteiger partial charge on any atom is -0.444 e. The number of aryl methyl sites for hydroxylation is 1. The highest BCUT2D eigenvalue weighted by Gasteiger charge is 2.33. The number of rotatable bonds is 4. The monoisotopic (exact) mass is 319 g/mol. The molecule has 1 saturated heterocycles. The van der Waals surface area contributed by atoms with Gasteiger partial charge in [-0.25, -0.2) is 4.79 Å². The summed E-state index contributed by atoms with van der Waals surface area (Å²) in [5.41, 5.74) is 1.74. The van der Waals surface area contributed by atoms with E-state index in [-0.39, 0.29) is 12.0 Å². The zero-order valence-corrected chi connectivity index (χ0v) is 14.7. The van der Waals surface area contributed by atoms with E-state index in [4.69, 9.17) is 4.74 Å². The minimum absolute atomic E-state index is 0.0690. The van der Waals surface area contributed by atoms with Crippen molar-refractivity contribution in [3.05, 3.63) is 35.4 Å². The number of benzene rings is 1. The van der Waals surface area contributed by atoms with E-state index >= 15 is 0 Å². The zero-order valence-electron chi connectivity index (χ0n) is 14.7. The summed E-state index contributed by atoms with van der Waals surface area (Å²) in [5.74, 6) is 0.0690. The van der Waals surface area contributed by atoms with Gasteiger partial charge in [-0.1, -0.05) is 37.6 Å². The lowest BCUT2D eigenvalue weighted by molar-refractivity contribution is 0.0268. The van der Waals surface area contributed by atoms with Crippen LogP contribution in [0.2, 0.25) is 0 Å². The zero-order chi connectivity index (χ0) is 17.0. The van der Waals surface area contributed by atoms with Gasteiger partial charge in [0.05, 0.1) is 6.10 Å². The van der Waals surface area contributed by atoms with E-state index < -0.39 is 11.7 Å². The van der Waals surface area contributed by atoms with Gasteiger partial charge in [-0.15, -0.1) is 0 Å². The third kappa shape index (κ3) is 4.96. The third-order valence-electron chi connectivity index (χ3n) is 4.18. The average Bonchev–Trinajstić information content (AvgIpc) is 2.96. The average molecular weight is 319 g/mol. The molecule has 1 aromatic rings. The van der Waals surface area contributed by atoms with Crippen molar-refractivity contribution in [1.82, 2.24) is 4.90 Å². The van der Waals surface area contributed by atoms with Crippen LogP contribution in [0, 0.1) is 5.92 Å². The van der Waals surface area contributed by atoms with Crippen molar-refractivity contribution >= 4 is 6.09 Å². The van der Waals surface area contributed by atoms with E-state index in [0.717, 1.165) is 24.8 Å². The number of likely N-dealkylation sites (tertiary alicyclic amines) is 1. The molecule has 0 bridgehead atoms. The van der Waals surface area contributed by atoms with Gasteiger partial charge in [0.1, 0.15) is 5.60 Å². The van der Waals surface area contributed by atoms with Crippen LogP contribution < -0.4 is 0 Å². The number of hydrogen-bond acceptors (Lipinski definition) is 3. The Balaban J connectivity index is 1.94. The molecule has 1 amide bonds. The smallest absolute Gasteiger partial charge is 0.410 e. The number of carbonyl (C=O) groups is 1. The number of aliphatic hydroxyl groups excluding tert-OH is 1. The van der Waals surface area contributed by atoms with E-state index in [1.165, 1.54) is 5.56 Å². The summed E-state index contributed by atoms with van der Waals surface area (Å²) >= 11 is 0. The summed E-state index contributed by atoms with van der Waals surface area (Å²) in [6, 6.07) is 8.18. The van der Waals surface area contributed by atoms with Crippen molar-refractivity contribution in [3.8, 4) is 0 Å². The fourth-order valence-electron chi connectivity index (χ4n) is 2.98. The molecule has 1 N–H and O–H groups in total. The van der Waals surface area contributed by atoms with E-state index in [1.807, 2.05) is 32.9 Å². The van der Waals surface area contributed by atoms with E-state index in [0.29, 0.717) is 13.1 Å².